The van der Waals surface area contributed by atoms with Crippen LogP contribution in [0.1, 0.15) is 40.8 Å². The van der Waals surface area contributed by atoms with Crippen LogP contribution in [-0.2, 0) is 13.1 Å². The molecule has 0 unspecified atom stereocenters. The van der Waals surface area contributed by atoms with Crippen molar-refractivity contribution in [3.63, 3.8) is 0 Å². The molecule has 4 heteroatoms. The Bertz CT molecular complexity index is 491. The smallest absolute Gasteiger partial charge is 0.0534 e. The fourth-order valence-corrected chi connectivity index (χ4v) is 2.84. The fraction of sp³-hybridized carbons (Fsp3) is 0.500. The van der Waals surface area contributed by atoms with Crippen LogP contribution in [0, 0.1) is 13.8 Å². The fourth-order valence-electron chi connectivity index (χ4n) is 1.82. The van der Waals surface area contributed by atoms with Crippen molar-refractivity contribution in [2.24, 2.45) is 0 Å². The van der Waals surface area contributed by atoms with Crippen molar-refractivity contribution in [1.29, 1.82) is 0 Å². The SMILES string of the molecule is Cc1cc(CNCc2cnn(C(C)C)c2)sc1C. The highest BCUT2D eigenvalue weighted by Crippen LogP contribution is 2.20. The minimum absolute atomic E-state index is 0.432. The van der Waals surface area contributed by atoms with Gasteiger partial charge in [-0.05, 0) is 39.3 Å². The molecule has 2 heterocycles. The van der Waals surface area contributed by atoms with E-state index in [0.717, 1.165) is 13.1 Å². The molecule has 1 N–H and O–H groups in total. The van der Waals surface area contributed by atoms with E-state index in [1.54, 1.807) is 0 Å². The molecule has 3 nitrogen and oxygen atoms in total. The predicted octanol–water partition coefficient (Wildman–Crippen LogP) is 3.43. The van der Waals surface area contributed by atoms with E-state index in [2.05, 4.69) is 50.4 Å². The lowest BCUT2D eigenvalue weighted by molar-refractivity contribution is 0.531. The van der Waals surface area contributed by atoms with Crippen molar-refractivity contribution < 1.29 is 0 Å². The molecule has 0 radical (unpaired) electrons. The Labute approximate surface area is 113 Å². The lowest BCUT2D eigenvalue weighted by Crippen LogP contribution is -2.11. The summed E-state index contributed by atoms with van der Waals surface area (Å²) in [5, 5.41) is 7.81. The predicted molar refractivity (Wildman–Crippen MR) is 76.9 cm³/mol. The van der Waals surface area contributed by atoms with Crippen LogP contribution in [0.15, 0.2) is 18.5 Å². The second kappa shape index (κ2) is 5.67. The van der Waals surface area contributed by atoms with Gasteiger partial charge in [-0.3, -0.25) is 4.68 Å². The minimum Gasteiger partial charge on any atom is -0.308 e. The van der Waals surface area contributed by atoms with Gasteiger partial charge in [-0.25, -0.2) is 0 Å². The van der Waals surface area contributed by atoms with Crippen LogP contribution < -0.4 is 5.32 Å². The quantitative estimate of drug-likeness (QED) is 0.895. The number of aromatic nitrogens is 2. The summed E-state index contributed by atoms with van der Waals surface area (Å²) in [4.78, 5) is 2.82. The molecule has 0 amide bonds. The lowest BCUT2D eigenvalue weighted by atomic mass is 10.3. The molecule has 0 spiro atoms. The first kappa shape index (κ1) is 13.3. The van der Waals surface area contributed by atoms with Crippen LogP contribution in [0.2, 0.25) is 0 Å². The van der Waals surface area contributed by atoms with E-state index in [1.165, 1.54) is 20.9 Å². The van der Waals surface area contributed by atoms with Gasteiger partial charge in [0, 0.05) is 40.6 Å². The van der Waals surface area contributed by atoms with Gasteiger partial charge in [-0.15, -0.1) is 11.3 Å². The topological polar surface area (TPSA) is 29.9 Å². The molecule has 0 atom stereocenters. The molecule has 0 fully saturated rings. The number of thiophene rings is 1. The van der Waals surface area contributed by atoms with Gasteiger partial charge in [-0.2, -0.15) is 5.10 Å². The summed E-state index contributed by atoms with van der Waals surface area (Å²) >= 11 is 1.88. The van der Waals surface area contributed by atoms with E-state index < -0.39 is 0 Å². The summed E-state index contributed by atoms with van der Waals surface area (Å²) in [7, 11) is 0. The van der Waals surface area contributed by atoms with Crippen LogP contribution in [-0.4, -0.2) is 9.78 Å². The molecule has 0 bridgehead atoms. The summed E-state index contributed by atoms with van der Waals surface area (Å²) in [6.07, 6.45) is 4.06. The molecule has 2 aromatic heterocycles. The van der Waals surface area contributed by atoms with Gasteiger partial charge >= 0.3 is 0 Å². The Morgan fingerprint density at radius 2 is 2.11 bits per heavy atom. The summed E-state index contributed by atoms with van der Waals surface area (Å²) < 4.78 is 2.00. The third kappa shape index (κ3) is 3.21. The van der Waals surface area contributed by atoms with Crippen LogP contribution >= 0.6 is 11.3 Å². The van der Waals surface area contributed by atoms with Crippen molar-refractivity contribution in [2.45, 2.75) is 46.8 Å². The molecule has 2 aromatic rings. The highest BCUT2D eigenvalue weighted by atomic mass is 32.1. The zero-order valence-electron chi connectivity index (χ0n) is 11.5. The van der Waals surface area contributed by atoms with Gasteiger partial charge in [0.25, 0.3) is 0 Å². The first-order valence-corrected chi connectivity index (χ1v) is 7.17. The molecule has 98 valence electrons. The number of nitrogens with zero attached hydrogens (tertiary/aromatic N) is 2. The molecule has 18 heavy (non-hydrogen) atoms. The summed E-state index contributed by atoms with van der Waals surface area (Å²) in [6, 6.07) is 2.70. The third-order valence-electron chi connectivity index (χ3n) is 3.03. The Morgan fingerprint density at radius 3 is 2.67 bits per heavy atom. The Morgan fingerprint density at radius 1 is 1.33 bits per heavy atom. The maximum Gasteiger partial charge on any atom is 0.0534 e. The first-order valence-electron chi connectivity index (χ1n) is 6.36. The van der Waals surface area contributed by atoms with Gasteiger partial charge in [0.05, 0.1) is 6.20 Å². The third-order valence-corrected chi connectivity index (χ3v) is 4.18. The largest absolute Gasteiger partial charge is 0.308 e. The zero-order valence-corrected chi connectivity index (χ0v) is 12.3. The van der Waals surface area contributed by atoms with Crippen molar-refractivity contribution in [3.05, 3.63) is 39.3 Å². The van der Waals surface area contributed by atoms with E-state index in [0.29, 0.717) is 6.04 Å². The van der Waals surface area contributed by atoms with E-state index in [9.17, 15) is 0 Å². The van der Waals surface area contributed by atoms with Gasteiger partial charge in [0.2, 0.25) is 0 Å². The maximum absolute atomic E-state index is 4.34. The summed E-state index contributed by atoms with van der Waals surface area (Å²) in [6.45, 7) is 10.4. The Hall–Kier alpha value is -1.13. The standard InChI is InChI=1S/C14H21N3S/c1-10(2)17-9-13(7-16-17)6-15-8-14-5-11(3)12(4)18-14/h5,7,9-10,15H,6,8H2,1-4H3. The van der Waals surface area contributed by atoms with E-state index in [4.69, 9.17) is 0 Å². The molecule has 0 aliphatic rings. The molecule has 0 saturated heterocycles. The van der Waals surface area contributed by atoms with E-state index >= 15 is 0 Å². The lowest BCUT2D eigenvalue weighted by Gasteiger charge is -2.03. The number of aryl methyl sites for hydroxylation is 2. The second-order valence-electron chi connectivity index (χ2n) is 4.98. The number of rotatable bonds is 5. The molecular formula is C14H21N3S. The number of nitrogens with one attached hydrogen (secondary N) is 1. The molecule has 0 aliphatic carbocycles. The molecule has 2 rings (SSSR count). The number of hydrogen-bond acceptors (Lipinski definition) is 3. The molecular weight excluding hydrogens is 242 g/mol. The van der Waals surface area contributed by atoms with Gasteiger partial charge < -0.3 is 5.32 Å². The van der Waals surface area contributed by atoms with Gasteiger partial charge in [0.15, 0.2) is 0 Å². The molecule has 0 saturated carbocycles. The van der Waals surface area contributed by atoms with Crippen LogP contribution in [0.25, 0.3) is 0 Å². The van der Waals surface area contributed by atoms with Crippen molar-refractivity contribution >= 4 is 11.3 Å². The molecule has 0 aliphatic heterocycles. The van der Waals surface area contributed by atoms with Gasteiger partial charge in [-0.1, -0.05) is 0 Å². The number of hydrogen-bond donors (Lipinski definition) is 1. The highest BCUT2D eigenvalue weighted by molar-refractivity contribution is 7.12. The minimum atomic E-state index is 0.432. The first-order chi connectivity index (χ1) is 8.56. The zero-order chi connectivity index (χ0) is 13.1. The van der Waals surface area contributed by atoms with Crippen LogP contribution in [0.5, 0.6) is 0 Å². The van der Waals surface area contributed by atoms with Gasteiger partial charge in [0.1, 0.15) is 0 Å². The Balaban J connectivity index is 1.84. The average molecular weight is 263 g/mol. The van der Waals surface area contributed by atoms with E-state index in [1.807, 2.05) is 22.2 Å². The summed E-state index contributed by atoms with van der Waals surface area (Å²) in [5.74, 6) is 0. The molecule has 0 aromatic carbocycles. The van der Waals surface area contributed by atoms with Crippen LogP contribution in [0.3, 0.4) is 0 Å². The highest BCUT2D eigenvalue weighted by Gasteiger charge is 2.03. The normalized spacial score (nSPS) is 11.4. The van der Waals surface area contributed by atoms with Crippen molar-refractivity contribution in [2.75, 3.05) is 0 Å². The average Bonchev–Trinajstić information content (AvgIpc) is 2.88. The van der Waals surface area contributed by atoms with Crippen LogP contribution in [0.4, 0.5) is 0 Å². The van der Waals surface area contributed by atoms with Crippen molar-refractivity contribution in [3.8, 4) is 0 Å². The Kier molecular flexibility index (Phi) is 4.19. The van der Waals surface area contributed by atoms with Crippen molar-refractivity contribution in [1.82, 2.24) is 15.1 Å². The second-order valence-corrected chi connectivity index (χ2v) is 6.32. The summed E-state index contributed by atoms with van der Waals surface area (Å²) in [5.41, 5.74) is 2.64. The maximum atomic E-state index is 4.34. The monoisotopic (exact) mass is 263 g/mol. The van der Waals surface area contributed by atoms with E-state index in [-0.39, 0.29) is 0 Å².